The number of likely N-dealkylation sites (tertiary alicyclic amines) is 1. The zero-order valence-corrected chi connectivity index (χ0v) is 11.6. The van der Waals surface area contributed by atoms with Crippen LogP contribution < -0.4 is 10.6 Å². The van der Waals surface area contributed by atoms with Gasteiger partial charge in [0.05, 0.1) is 6.54 Å². The number of hydrogen-bond acceptors (Lipinski definition) is 3. The van der Waals surface area contributed by atoms with E-state index in [2.05, 4.69) is 22.5 Å². The first-order valence-corrected chi connectivity index (χ1v) is 7.47. The van der Waals surface area contributed by atoms with Gasteiger partial charge >= 0.3 is 0 Å². The van der Waals surface area contributed by atoms with E-state index in [-0.39, 0.29) is 5.91 Å². The molecule has 0 aromatic heterocycles. The van der Waals surface area contributed by atoms with Gasteiger partial charge in [0.2, 0.25) is 5.91 Å². The van der Waals surface area contributed by atoms with Crippen LogP contribution in [-0.4, -0.2) is 50.1 Å². The van der Waals surface area contributed by atoms with Gasteiger partial charge in [-0.05, 0) is 63.7 Å². The van der Waals surface area contributed by atoms with Crippen molar-refractivity contribution in [2.45, 2.75) is 32.6 Å². The van der Waals surface area contributed by atoms with Crippen LogP contribution in [-0.2, 0) is 4.79 Å². The molecule has 0 spiro atoms. The minimum absolute atomic E-state index is 0.161. The number of hydrogen-bond donors (Lipinski definition) is 2. The van der Waals surface area contributed by atoms with E-state index in [1.54, 1.807) is 0 Å². The third-order valence-electron chi connectivity index (χ3n) is 4.16. The zero-order chi connectivity index (χ0) is 12.8. The number of carbonyl (C=O) groups is 1. The van der Waals surface area contributed by atoms with Gasteiger partial charge in [0.1, 0.15) is 0 Å². The smallest absolute Gasteiger partial charge is 0.233 e. The van der Waals surface area contributed by atoms with Crippen LogP contribution in [0.25, 0.3) is 0 Å². The minimum Gasteiger partial charge on any atom is -0.355 e. The van der Waals surface area contributed by atoms with E-state index in [4.69, 9.17) is 0 Å². The lowest BCUT2D eigenvalue weighted by molar-refractivity contribution is -0.120. The molecule has 104 valence electrons. The molecular formula is C14H27N3O. The van der Waals surface area contributed by atoms with Crippen molar-refractivity contribution in [2.75, 3.05) is 39.3 Å². The maximum atomic E-state index is 11.6. The third kappa shape index (κ3) is 4.94. The fourth-order valence-corrected chi connectivity index (χ4v) is 2.54. The SMILES string of the molecule is CCN1CCC(CNC(=O)CNCC2CC2)CC1. The third-order valence-corrected chi connectivity index (χ3v) is 4.16. The average Bonchev–Trinajstić information content (AvgIpc) is 3.21. The fourth-order valence-electron chi connectivity index (χ4n) is 2.54. The van der Waals surface area contributed by atoms with Crippen molar-refractivity contribution in [3.63, 3.8) is 0 Å². The molecule has 1 aliphatic heterocycles. The van der Waals surface area contributed by atoms with Gasteiger partial charge in [-0.1, -0.05) is 6.92 Å². The van der Waals surface area contributed by atoms with Gasteiger partial charge in [-0.2, -0.15) is 0 Å². The molecule has 0 radical (unpaired) electrons. The summed E-state index contributed by atoms with van der Waals surface area (Å²) in [7, 11) is 0. The molecule has 1 amide bonds. The van der Waals surface area contributed by atoms with E-state index in [1.807, 2.05) is 0 Å². The molecule has 0 atom stereocenters. The normalized spacial score (nSPS) is 22.1. The number of nitrogens with zero attached hydrogens (tertiary/aromatic N) is 1. The summed E-state index contributed by atoms with van der Waals surface area (Å²) >= 11 is 0. The lowest BCUT2D eigenvalue weighted by atomic mass is 9.97. The summed E-state index contributed by atoms with van der Waals surface area (Å²) in [5.74, 6) is 1.69. The Morgan fingerprint density at radius 2 is 1.78 bits per heavy atom. The maximum Gasteiger partial charge on any atom is 0.233 e. The molecule has 4 heteroatoms. The second-order valence-electron chi connectivity index (χ2n) is 5.76. The summed E-state index contributed by atoms with van der Waals surface area (Å²) in [6, 6.07) is 0. The summed E-state index contributed by atoms with van der Waals surface area (Å²) < 4.78 is 0. The van der Waals surface area contributed by atoms with E-state index < -0.39 is 0 Å². The van der Waals surface area contributed by atoms with Gasteiger partial charge in [-0.15, -0.1) is 0 Å². The van der Waals surface area contributed by atoms with Gasteiger partial charge in [0, 0.05) is 6.54 Å². The average molecular weight is 253 g/mol. The van der Waals surface area contributed by atoms with Gasteiger partial charge in [-0.3, -0.25) is 4.79 Å². The summed E-state index contributed by atoms with van der Waals surface area (Å²) in [4.78, 5) is 14.1. The van der Waals surface area contributed by atoms with Crippen LogP contribution in [0.1, 0.15) is 32.6 Å². The minimum atomic E-state index is 0.161. The molecule has 18 heavy (non-hydrogen) atoms. The van der Waals surface area contributed by atoms with Crippen molar-refractivity contribution < 1.29 is 4.79 Å². The predicted octanol–water partition coefficient (Wildman–Crippen LogP) is 0.834. The van der Waals surface area contributed by atoms with Crippen molar-refractivity contribution >= 4 is 5.91 Å². The Balaban J connectivity index is 1.49. The predicted molar refractivity (Wildman–Crippen MR) is 73.4 cm³/mol. The van der Waals surface area contributed by atoms with Crippen LogP contribution in [0, 0.1) is 11.8 Å². The Morgan fingerprint density at radius 1 is 1.11 bits per heavy atom. The number of carbonyl (C=O) groups excluding carboxylic acids is 1. The topological polar surface area (TPSA) is 44.4 Å². The van der Waals surface area contributed by atoms with E-state index in [1.165, 1.54) is 38.8 Å². The molecule has 4 nitrogen and oxygen atoms in total. The van der Waals surface area contributed by atoms with Crippen LogP contribution in [0.3, 0.4) is 0 Å². The van der Waals surface area contributed by atoms with Crippen molar-refractivity contribution in [3.8, 4) is 0 Å². The van der Waals surface area contributed by atoms with Crippen molar-refractivity contribution in [1.29, 1.82) is 0 Å². The number of amides is 1. The summed E-state index contributed by atoms with van der Waals surface area (Å²) in [6.07, 6.45) is 5.13. The molecule has 1 aliphatic carbocycles. The fraction of sp³-hybridized carbons (Fsp3) is 0.929. The summed E-state index contributed by atoms with van der Waals surface area (Å²) in [5, 5.41) is 6.29. The molecular weight excluding hydrogens is 226 g/mol. The van der Waals surface area contributed by atoms with Gasteiger partial charge in [0.15, 0.2) is 0 Å². The summed E-state index contributed by atoms with van der Waals surface area (Å²) in [6.45, 7) is 8.12. The molecule has 0 bridgehead atoms. The molecule has 2 rings (SSSR count). The highest BCUT2D eigenvalue weighted by atomic mass is 16.1. The lowest BCUT2D eigenvalue weighted by Gasteiger charge is -2.31. The second kappa shape index (κ2) is 7.10. The first-order chi connectivity index (χ1) is 8.78. The lowest BCUT2D eigenvalue weighted by Crippen LogP contribution is -2.41. The van der Waals surface area contributed by atoms with Crippen LogP contribution in [0.5, 0.6) is 0 Å². The number of rotatable bonds is 7. The molecule has 0 unspecified atom stereocenters. The molecule has 2 aliphatic rings. The zero-order valence-electron chi connectivity index (χ0n) is 11.6. The van der Waals surface area contributed by atoms with Gasteiger partial charge < -0.3 is 15.5 Å². The largest absolute Gasteiger partial charge is 0.355 e. The van der Waals surface area contributed by atoms with Crippen LogP contribution in [0.15, 0.2) is 0 Å². The molecule has 1 saturated heterocycles. The number of nitrogens with one attached hydrogen (secondary N) is 2. The maximum absolute atomic E-state index is 11.6. The van der Waals surface area contributed by atoms with E-state index in [0.29, 0.717) is 12.5 Å². The molecule has 0 aromatic carbocycles. The second-order valence-corrected chi connectivity index (χ2v) is 5.76. The van der Waals surface area contributed by atoms with Crippen molar-refractivity contribution in [3.05, 3.63) is 0 Å². The molecule has 0 aromatic rings. The summed E-state index contributed by atoms with van der Waals surface area (Å²) in [5.41, 5.74) is 0. The van der Waals surface area contributed by atoms with Crippen molar-refractivity contribution in [2.24, 2.45) is 11.8 Å². The standard InChI is InChI=1S/C14H27N3O/c1-2-17-7-5-13(6-8-17)10-16-14(18)11-15-9-12-3-4-12/h12-13,15H,2-11H2,1H3,(H,16,18). The van der Waals surface area contributed by atoms with E-state index in [9.17, 15) is 4.79 Å². The Kier molecular flexibility index (Phi) is 5.45. The Labute approximate surface area is 110 Å². The highest BCUT2D eigenvalue weighted by Gasteiger charge is 2.21. The van der Waals surface area contributed by atoms with Gasteiger partial charge in [0.25, 0.3) is 0 Å². The van der Waals surface area contributed by atoms with Gasteiger partial charge in [-0.25, -0.2) is 0 Å². The van der Waals surface area contributed by atoms with E-state index >= 15 is 0 Å². The molecule has 2 fully saturated rings. The highest BCUT2D eigenvalue weighted by molar-refractivity contribution is 5.77. The Morgan fingerprint density at radius 3 is 2.39 bits per heavy atom. The Bertz CT molecular complexity index is 258. The van der Waals surface area contributed by atoms with Crippen LogP contribution in [0.4, 0.5) is 0 Å². The molecule has 1 saturated carbocycles. The monoisotopic (exact) mass is 253 g/mol. The Hall–Kier alpha value is -0.610. The quantitative estimate of drug-likeness (QED) is 0.706. The van der Waals surface area contributed by atoms with E-state index in [0.717, 1.165) is 25.6 Å². The first kappa shape index (κ1) is 13.8. The van der Waals surface area contributed by atoms with Crippen LogP contribution >= 0.6 is 0 Å². The molecule has 1 heterocycles. The first-order valence-electron chi connectivity index (χ1n) is 7.47. The highest BCUT2D eigenvalue weighted by Crippen LogP contribution is 2.27. The number of piperidine rings is 1. The van der Waals surface area contributed by atoms with Crippen LogP contribution in [0.2, 0.25) is 0 Å². The van der Waals surface area contributed by atoms with Crippen molar-refractivity contribution in [1.82, 2.24) is 15.5 Å². The molecule has 2 N–H and O–H groups in total.